The first-order valence-electron chi connectivity index (χ1n) is 8.51. The van der Waals surface area contributed by atoms with E-state index in [1.165, 1.54) is 11.2 Å². The van der Waals surface area contributed by atoms with Crippen LogP contribution in [-0.4, -0.2) is 39.9 Å². The number of nitrogens with one attached hydrogen (secondary N) is 1. The van der Waals surface area contributed by atoms with Gasteiger partial charge in [0, 0.05) is 17.3 Å². The number of hydrogen-bond donors (Lipinski definition) is 3. The van der Waals surface area contributed by atoms with E-state index in [-0.39, 0.29) is 11.5 Å². The van der Waals surface area contributed by atoms with Crippen LogP contribution in [0.25, 0.3) is 11.5 Å². The maximum absolute atomic E-state index is 12.6. The molecule has 0 unspecified atom stereocenters. The van der Waals surface area contributed by atoms with Gasteiger partial charge in [-0.25, -0.2) is 5.01 Å². The van der Waals surface area contributed by atoms with E-state index in [0.717, 1.165) is 24.0 Å². The molecule has 0 radical (unpaired) electrons. The van der Waals surface area contributed by atoms with Crippen LogP contribution in [0.1, 0.15) is 49.3 Å². The standard InChI is InChI=1S/C19H21N3O4/c1-3-14-16-12(11-8-9-11)6-5-7-13(16)18(25)17(22(14)21-4-2)19(26)20-10-15(23)24/h3-7,11,25H,8-10H2,1-2H3,(H,20,26)(H,23,24)/b14-3+,21-4-. The molecular weight excluding hydrogens is 334 g/mol. The highest BCUT2D eigenvalue weighted by Crippen LogP contribution is 2.48. The van der Waals surface area contributed by atoms with E-state index in [1.54, 1.807) is 13.0 Å². The summed E-state index contributed by atoms with van der Waals surface area (Å²) in [5, 5.41) is 27.6. The Labute approximate surface area is 151 Å². The van der Waals surface area contributed by atoms with E-state index in [4.69, 9.17) is 5.11 Å². The number of allylic oxidation sites excluding steroid dienone is 1. The zero-order valence-electron chi connectivity index (χ0n) is 14.7. The molecule has 1 aliphatic carbocycles. The number of carbonyl (C=O) groups is 2. The van der Waals surface area contributed by atoms with E-state index < -0.39 is 18.4 Å². The van der Waals surface area contributed by atoms with Crippen LogP contribution in [0.3, 0.4) is 0 Å². The van der Waals surface area contributed by atoms with Crippen molar-refractivity contribution in [1.29, 1.82) is 0 Å². The number of fused-ring (bicyclic) bond motifs is 1. The monoisotopic (exact) mass is 355 g/mol. The van der Waals surface area contributed by atoms with Crippen molar-refractivity contribution in [3.8, 4) is 0 Å². The van der Waals surface area contributed by atoms with Gasteiger partial charge in [-0.15, -0.1) is 0 Å². The average molecular weight is 355 g/mol. The zero-order valence-corrected chi connectivity index (χ0v) is 14.7. The van der Waals surface area contributed by atoms with Crippen LogP contribution >= 0.6 is 0 Å². The summed E-state index contributed by atoms with van der Waals surface area (Å²) < 4.78 is 0. The van der Waals surface area contributed by atoms with Crippen molar-refractivity contribution in [3.63, 3.8) is 0 Å². The highest BCUT2D eigenvalue weighted by Gasteiger charge is 2.37. The van der Waals surface area contributed by atoms with Gasteiger partial charge >= 0.3 is 5.97 Å². The minimum Gasteiger partial charge on any atom is -0.505 e. The summed E-state index contributed by atoms with van der Waals surface area (Å²) in [4.78, 5) is 23.3. The molecule has 3 N–H and O–H groups in total. The van der Waals surface area contributed by atoms with Crippen LogP contribution in [0, 0.1) is 0 Å². The molecule has 1 aliphatic heterocycles. The van der Waals surface area contributed by atoms with Crippen LogP contribution in [0.15, 0.2) is 35.1 Å². The number of carbonyl (C=O) groups excluding carboxylic acids is 1. The normalized spacial score (nSPS) is 18.4. The number of carboxylic acid groups (broad SMARTS) is 1. The van der Waals surface area contributed by atoms with Crippen LogP contribution < -0.4 is 5.32 Å². The first-order valence-corrected chi connectivity index (χ1v) is 8.51. The van der Waals surface area contributed by atoms with E-state index in [0.29, 0.717) is 17.2 Å². The Balaban J connectivity index is 2.17. The molecule has 7 nitrogen and oxygen atoms in total. The number of aliphatic hydroxyl groups is 1. The van der Waals surface area contributed by atoms with Gasteiger partial charge in [-0.2, -0.15) is 5.10 Å². The molecule has 0 spiro atoms. The molecule has 1 aromatic carbocycles. The second kappa shape index (κ2) is 7.03. The predicted octanol–water partition coefficient (Wildman–Crippen LogP) is 2.67. The quantitative estimate of drug-likeness (QED) is 0.705. The van der Waals surface area contributed by atoms with Gasteiger partial charge in [0.1, 0.15) is 6.54 Å². The van der Waals surface area contributed by atoms with Crippen molar-refractivity contribution in [1.82, 2.24) is 10.3 Å². The smallest absolute Gasteiger partial charge is 0.322 e. The Morgan fingerprint density at radius 2 is 2.08 bits per heavy atom. The number of carboxylic acids is 1. The van der Waals surface area contributed by atoms with Gasteiger partial charge in [0.2, 0.25) is 0 Å². The van der Waals surface area contributed by atoms with E-state index >= 15 is 0 Å². The van der Waals surface area contributed by atoms with Crippen molar-refractivity contribution >= 4 is 29.5 Å². The zero-order chi connectivity index (χ0) is 18.8. The molecule has 1 amide bonds. The molecule has 136 valence electrons. The Bertz CT molecular complexity index is 850. The molecule has 1 saturated carbocycles. The number of hydrogen-bond acceptors (Lipinski definition) is 5. The summed E-state index contributed by atoms with van der Waals surface area (Å²) in [6.45, 7) is 3.01. The average Bonchev–Trinajstić information content (AvgIpc) is 3.45. The first kappa shape index (κ1) is 17.7. The number of nitrogens with zero attached hydrogens (tertiary/aromatic N) is 2. The number of rotatable bonds is 5. The molecule has 1 aromatic rings. The summed E-state index contributed by atoms with van der Waals surface area (Å²) >= 11 is 0. The Morgan fingerprint density at radius 3 is 2.65 bits per heavy atom. The third-order valence-corrected chi connectivity index (χ3v) is 4.41. The largest absolute Gasteiger partial charge is 0.505 e. The van der Waals surface area contributed by atoms with Crippen molar-refractivity contribution in [2.24, 2.45) is 5.10 Å². The molecule has 0 saturated heterocycles. The van der Waals surface area contributed by atoms with Crippen molar-refractivity contribution in [2.75, 3.05) is 6.54 Å². The number of aliphatic hydroxyl groups excluding tert-OH is 1. The van der Waals surface area contributed by atoms with E-state index in [2.05, 4.69) is 10.4 Å². The minimum absolute atomic E-state index is 0.0853. The highest BCUT2D eigenvalue weighted by atomic mass is 16.4. The molecular formula is C19H21N3O4. The summed E-state index contributed by atoms with van der Waals surface area (Å²) in [6.07, 6.45) is 5.56. The topological polar surface area (TPSA) is 102 Å². The lowest BCUT2D eigenvalue weighted by Gasteiger charge is -2.32. The van der Waals surface area contributed by atoms with Crippen LogP contribution in [0.4, 0.5) is 0 Å². The SMILES string of the molecule is C/C=N\N1C(C(=O)NCC(=O)O)=C(O)c2cccc(C3CC3)c2/C1=C\C. The molecule has 7 heteroatoms. The fraction of sp³-hybridized carbons (Fsp3) is 0.316. The highest BCUT2D eigenvalue weighted by molar-refractivity contribution is 6.04. The van der Waals surface area contributed by atoms with Gasteiger partial charge in [-0.3, -0.25) is 9.59 Å². The maximum Gasteiger partial charge on any atom is 0.322 e. The summed E-state index contributed by atoms with van der Waals surface area (Å²) in [6, 6.07) is 5.66. The number of benzene rings is 1. The molecule has 0 bridgehead atoms. The Morgan fingerprint density at radius 1 is 1.35 bits per heavy atom. The van der Waals surface area contributed by atoms with E-state index in [1.807, 2.05) is 25.1 Å². The molecule has 26 heavy (non-hydrogen) atoms. The number of hydrazone groups is 1. The first-order chi connectivity index (χ1) is 12.5. The third-order valence-electron chi connectivity index (χ3n) is 4.41. The van der Waals surface area contributed by atoms with Crippen LogP contribution in [-0.2, 0) is 9.59 Å². The van der Waals surface area contributed by atoms with Crippen molar-refractivity contribution in [3.05, 3.63) is 46.7 Å². The fourth-order valence-corrected chi connectivity index (χ4v) is 3.19. The molecule has 1 heterocycles. The van der Waals surface area contributed by atoms with Crippen molar-refractivity contribution < 1.29 is 19.8 Å². The van der Waals surface area contributed by atoms with Gasteiger partial charge in [0.15, 0.2) is 11.5 Å². The minimum atomic E-state index is -1.16. The maximum atomic E-state index is 12.6. The van der Waals surface area contributed by atoms with Gasteiger partial charge in [-0.1, -0.05) is 24.3 Å². The Kier molecular flexibility index (Phi) is 4.79. The van der Waals surface area contributed by atoms with Crippen molar-refractivity contribution in [2.45, 2.75) is 32.6 Å². The lowest BCUT2D eigenvalue weighted by Crippen LogP contribution is -2.37. The van der Waals surface area contributed by atoms with Gasteiger partial charge in [-0.05, 0) is 38.2 Å². The number of aliphatic carboxylic acids is 1. The molecule has 3 rings (SSSR count). The van der Waals surface area contributed by atoms with Crippen LogP contribution in [0.2, 0.25) is 0 Å². The third kappa shape index (κ3) is 3.08. The lowest BCUT2D eigenvalue weighted by molar-refractivity contribution is -0.137. The molecule has 0 aromatic heterocycles. The second-order valence-electron chi connectivity index (χ2n) is 6.18. The fourth-order valence-electron chi connectivity index (χ4n) is 3.19. The van der Waals surface area contributed by atoms with E-state index in [9.17, 15) is 14.7 Å². The van der Waals surface area contributed by atoms with Gasteiger partial charge in [0.05, 0.1) is 5.70 Å². The lowest BCUT2D eigenvalue weighted by atomic mass is 9.90. The summed E-state index contributed by atoms with van der Waals surface area (Å²) in [7, 11) is 0. The van der Waals surface area contributed by atoms with Gasteiger partial charge < -0.3 is 15.5 Å². The molecule has 0 atom stereocenters. The molecule has 2 aliphatic rings. The molecule has 1 fully saturated rings. The number of amides is 1. The van der Waals surface area contributed by atoms with Gasteiger partial charge in [0.25, 0.3) is 5.91 Å². The predicted molar refractivity (Wildman–Crippen MR) is 98.3 cm³/mol. The summed E-state index contributed by atoms with van der Waals surface area (Å²) in [5.41, 5.74) is 3.17. The second-order valence-corrected chi connectivity index (χ2v) is 6.18. The Hall–Kier alpha value is -3.09. The summed E-state index contributed by atoms with van der Waals surface area (Å²) in [5.74, 6) is -1.62. The van der Waals surface area contributed by atoms with Crippen LogP contribution in [0.5, 0.6) is 0 Å².